The van der Waals surface area contributed by atoms with Gasteiger partial charge in [-0.15, -0.1) is 0 Å². The van der Waals surface area contributed by atoms with Crippen LogP contribution < -0.4 is 10.6 Å². The van der Waals surface area contributed by atoms with Crippen LogP contribution >= 0.6 is 15.9 Å². The van der Waals surface area contributed by atoms with Gasteiger partial charge in [0.15, 0.2) is 0 Å². The van der Waals surface area contributed by atoms with Crippen LogP contribution in [0, 0.1) is 5.82 Å². The Labute approximate surface area is 135 Å². The molecule has 0 aliphatic rings. The summed E-state index contributed by atoms with van der Waals surface area (Å²) in [6, 6.07) is 10.8. The van der Waals surface area contributed by atoms with E-state index in [9.17, 15) is 14.0 Å². The highest BCUT2D eigenvalue weighted by molar-refractivity contribution is 9.10. The van der Waals surface area contributed by atoms with E-state index in [1.54, 1.807) is 31.3 Å². The van der Waals surface area contributed by atoms with Crippen molar-refractivity contribution in [2.45, 2.75) is 6.42 Å². The molecule has 0 bridgehead atoms. The van der Waals surface area contributed by atoms with Crippen molar-refractivity contribution in [3.63, 3.8) is 0 Å². The Balaban J connectivity index is 2.07. The Hall–Kier alpha value is -2.21. The van der Waals surface area contributed by atoms with Gasteiger partial charge in [0.2, 0.25) is 5.91 Å². The molecule has 0 saturated carbocycles. The maximum Gasteiger partial charge on any atom is 0.256 e. The van der Waals surface area contributed by atoms with Gasteiger partial charge in [-0.3, -0.25) is 9.59 Å². The minimum atomic E-state index is -0.415. The van der Waals surface area contributed by atoms with Crippen LogP contribution in [0.4, 0.5) is 10.1 Å². The molecule has 2 rings (SSSR count). The molecule has 0 aromatic heterocycles. The van der Waals surface area contributed by atoms with Crippen molar-refractivity contribution in [2.75, 3.05) is 12.4 Å². The van der Waals surface area contributed by atoms with Crippen molar-refractivity contribution in [1.82, 2.24) is 5.32 Å². The van der Waals surface area contributed by atoms with Crippen LogP contribution in [-0.4, -0.2) is 18.9 Å². The van der Waals surface area contributed by atoms with Gasteiger partial charge in [-0.05, 0) is 51.8 Å². The molecular weight excluding hydrogens is 351 g/mol. The van der Waals surface area contributed by atoms with Crippen LogP contribution in [0.25, 0.3) is 0 Å². The van der Waals surface area contributed by atoms with Gasteiger partial charge in [-0.1, -0.05) is 12.1 Å². The monoisotopic (exact) mass is 364 g/mol. The second-order valence-electron chi connectivity index (χ2n) is 4.63. The molecule has 2 aromatic rings. The van der Waals surface area contributed by atoms with Gasteiger partial charge in [0.05, 0.1) is 12.0 Å². The van der Waals surface area contributed by atoms with Crippen LogP contribution in [-0.2, 0) is 11.2 Å². The van der Waals surface area contributed by atoms with Crippen LogP contribution in [0.5, 0.6) is 0 Å². The predicted octanol–water partition coefficient (Wildman–Crippen LogP) is 3.13. The lowest BCUT2D eigenvalue weighted by Crippen LogP contribution is -2.19. The molecule has 6 heteroatoms. The molecule has 114 valence electrons. The van der Waals surface area contributed by atoms with Crippen molar-refractivity contribution in [2.24, 2.45) is 0 Å². The molecule has 0 aliphatic carbocycles. The lowest BCUT2D eigenvalue weighted by Gasteiger charge is -2.08. The molecule has 2 N–H and O–H groups in total. The fourth-order valence-electron chi connectivity index (χ4n) is 1.85. The van der Waals surface area contributed by atoms with E-state index >= 15 is 0 Å². The summed E-state index contributed by atoms with van der Waals surface area (Å²) in [6.45, 7) is 0. The molecule has 4 nitrogen and oxygen atoms in total. The van der Waals surface area contributed by atoms with Gasteiger partial charge in [-0.2, -0.15) is 0 Å². The van der Waals surface area contributed by atoms with Crippen molar-refractivity contribution >= 4 is 33.4 Å². The minimum Gasteiger partial charge on any atom is -0.359 e. The third kappa shape index (κ3) is 4.14. The Bertz CT molecular complexity index is 702. The highest BCUT2D eigenvalue weighted by Crippen LogP contribution is 2.20. The van der Waals surface area contributed by atoms with Crippen LogP contribution in [0.1, 0.15) is 15.9 Å². The number of halogens is 2. The first-order chi connectivity index (χ1) is 10.5. The second-order valence-corrected chi connectivity index (χ2v) is 5.48. The van der Waals surface area contributed by atoms with Crippen molar-refractivity contribution in [3.8, 4) is 0 Å². The average molecular weight is 365 g/mol. The predicted molar refractivity (Wildman–Crippen MR) is 86.3 cm³/mol. The SMILES string of the molecule is CNC(=O)Cc1ccc(NC(=O)c2ccc(F)cc2Br)cc1. The van der Waals surface area contributed by atoms with Crippen LogP contribution in [0.3, 0.4) is 0 Å². The van der Waals surface area contributed by atoms with Crippen LogP contribution in [0.2, 0.25) is 0 Å². The number of anilines is 1. The summed E-state index contributed by atoms with van der Waals surface area (Å²) in [6.07, 6.45) is 0.286. The molecule has 22 heavy (non-hydrogen) atoms. The average Bonchev–Trinajstić information content (AvgIpc) is 2.49. The van der Waals surface area contributed by atoms with Crippen molar-refractivity contribution in [1.29, 1.82) is 0 Å². The number of carbonyl (C=O) groups excluding carboxylic acids is 2. The summed E-state index contributed by atoms with van der Waals surface area (Å²) in [5.41, 5.74) is 1.79. The molecule has 2 amide bonds. The summed E-state index contributed by atoms with van der Waals surface area (Å²) in [5.74, 6) is -0.833. The first-order valence-electron chi connectivity index (χ1n) is 6.55. The zero-order chi connectivity index (χ0) is 16.1. The Kier molecular flexibility index (Phi) is 5.27. The van der Waals surface area contributed by atoms with E-state index in [1.807, 2.05) is 0 Å². The minimum absolute atomic E-state index is 0.0768. The highest BCUT2D eigenvalue weighted by Gasteiger charge is 2.11. The zero-order valence-corrected chi connectivity index (χ0v) is 13.4. The Morgan fingerprint density at radius 1 is 1.14 bits per heavy atom. The quantitative estimate of drug-likeness (QED) is 0.875. The summed E-state index contributed by atoms with van der Waals surface area (Å²) < 4.78 is 13.4. The molecule has 0 heterocycles. The van der Waals surface area contributed by atoms with Crippen LogP contribution in [0.15, 0.2) is 46.9 Å². The number of hydrogen-bond acceptors (Lipinski definition) is 2. The van der Waals surface area contributed by atoms with Gasteiger partial charge < -0.3 is 10.6 Å². The van der Waals surface area contributed by atoms with E-state index in [2.05, 4.69) is 26.6 Å². The maximum atomic E-state index is 13.0. The molecule has 0 radical (unpaired) electrons. The number of nitrogens with one attached hydrogen (secondary N) is 2. The Morgan fingerprint density at radius 2 is 1.82 bits per heavy atom. The summed E-state index contributed by atoms with van der Waals surface area (Å²) >= 11 is 3.16. The van der Waals surface area contributed by atoms with Crippen molar-refractivity contribution in [3.05, 3.63) is 63.9 Å². The summed E-state index contributed by atoms with van der Waals surface area (Å²) in [4.78, 5) is 23.4. The van der Waals surface area contributed by atoms with E-state index < -0.39 is 5.82 Å². The number of hydrogen-bond donors (Lipinski definition) is 2. The molecule has 0 fully saturated rings. The van der Waals surface area contributed by atoms with E-state index in [0.717, 1.165) is 5.56 Å². The first kappa shape index (κ1) is 16.2. The second kappa shape index (κ2) is 7.17. The molecule has 0 unspecified atom stereocenters. The fourth-order valence-corrected chi connectivity index (χ4v) is 2.38. The molecule has 0 aliphatic heterocycles. The molecule has 0 atom stereocenters. The molecule has 2 aromatic carbocycles. The lowest BCUT2D eigenvalue weighted by atomic mass is 10.1. The smallest absolute Gasteiger partial charge is 0.256 e. The van der Waals surface area contributed by atoms with Gasteiger partial charge in [0, 0.05) is 17.2 Å². The Morgan fingerprint density at radius 3 is 2.41 bits per heavy atom. The molecule has 0 spiro atoms. The highest BCUT2D eigenvalue weighted by atomic mass is 79.9. The third-order valence-electron chi connectivity index (χ3n) is 3.03. The summed E-state index contributed by atoms with van der Waals surface area (Å²) in [5, 5.41) is 5.27. The molecular formula is C16H14BrFN2O2. The van der Waals surface area contributed by atoms with E-state index in [4.69, 9.17) is 0 Å². The number of rotatable bonds is 4. The van der Waals surface area contributed by atoms with Gasteiger partial charge in [0.25, 0.3) is 5.91 Å². The van der Waals surface area contributed by atoms with Gasteiger partial charge in [0.1, 0.15) is 5.82 Å². The lowest BCUT2D eigenvalue weighted by molar-refractivity contribution is -0.119. The molecule has 0 saturated heterocycles. The van der Waals surface area contributed by atoms with E-state index in [1.165, 1.54) is 18.2 Å². The standard InChI is InChI=1S/C16H14BrFN2O2/c1-19-15(21)8-10-2-5-12(6-3-10)20-16(22)13-7-4-11(18)9-14(13)17/h2-7,9H,8H2,1H3,(H,19,21)(H,20,22). The van der Waals surface area contributed by atoms with E-state index in [0.29, 0.717) is 15.7 Å². The number of benzene rings is 2. The maximum absolute atomic E-state index is 13.0. The first-order valence-corrected chi connectivity index (χ1v) is 7.35. The fraction of sp³-hybridized carbons (Fsp3) is 0.125. The number of carbonyl (C=O) groups is 2. The normalized spacial score (nSPS) is 10.1. The summed E-state index contributed by atoms with van der Waals surface area (Å²) in [7, 11) is 1.58. The number of likely N-dealkylation sites (N-methyl/N-ethyl adjacent to an activating group) is 1. The largest absolute Gasteiger partial charge is 0.359 e. The van der Waals surface area contributed by atoms with E-state index in [-0.39, 0.29) is 18.2 Å². The van der Waals surface area contributed by atoms with Gasteiger partial charge in [-0.25, -0.2) is 4.39 Å². The number of amides is 2. The third-order valence-corrected chi connectivity index (χ3v) is 3.69. The van der Waals surface area contributed by atoms with Crippen molar-refractivity contribution < 1.29 is 14.0 Å². The topological polar surface area (TPSA) is 58.2 Å². The van der Waals surface area contributed by atoms with Gasteiger partial charge >= 0.3 is 0 Å². The zero-order valence-electron chi connectivity index (χ0n) is 11.8.